The van der Waals surface area contributed by atoms with Gasteiger partial charge < -0.3 is 14.8 Å². The zero-order chi connectivity index (χ0) is 22.0. The standard InChI is InChI=1S/C24H22FNO4S/c1-14(27)21-6-7-22(31-21)20-12-17(25)10-16-11-19(30-24(16)20)13-26-23(28)9-15-4-3-5-18(8-15)29-2/h3-8,10,12,19H,9,11,13H2,1-2H3,(H,26,28). The fourth-order valence-electron chi connectivity index (χ4n) is 3.62. The highest BCUT2D eigenvalue weighted by Crippen LogP contribution is 2.42. The number of Topliss-reactive ketones (excluding diaryl/α,β-unsaturated/α-hetero) is 1. The van der Waals surface area contributed by atoms with Gasteiger partial charge in [-0.15, -0.1) is 11.3 Å². The number of ether oxygens (including phenoxy) is 2. The van der Waals surface area contributed by atoms with Gasteiger partial charge in [0.2, 0.25) is 5.91 Å². The molecular formula is C24H22FNO4S. The summed E-state index contributed by atoms with van der Waals surface area (Å²) < 4.78 is 25.5. The number of amides is 1. The quantitative estimate of drug-likeness (QED) is 0.554. The van der Waals surface area contributed by atoms with Crippen LogP contribution >= 0.6 is 11.3 Å². The SMILES string of the molecule is COc1cccc(CC(=O)NCC2Cc3cc(F)cc(-c4ccc(C(C)=O)s4)c3O2)c1. The van der Waals surface area contributed by atoms with Crippen LogP contribution < -0.4 is 14.8 Å². The molecule has 2 heterocycles. The van der Waals surface area contributed by atoms with Crippen LogP contribution in [0.5, 0.6) is 11.5 Å². The molecule has 3 aromatic rings. The topological polar surface area (TPSA) is 64.6 Å². The number of carbonyl (C=O) groups is 2. The van der Waals surface area contributed by atoms with E-state index < -0.39 is 0 Å². The van der Waals surface area contributed by atoms with E-state index >= 15 is 0 Å². The molecule has 1 unspecified atom stereocenters. The summed E-state index contributed by atoms with van der Waals surface area (Å²) in [6.07, 6.45) is 0.460. The third kappa shape index (κ3) is 4.77. The molecule has 1 aromatic heterocycles. The van der Waals surface area contributed by atoms with Crippen LogP contribution in [-0.2, 0) is 17.6 Å². The van der Waals surface area contributed by atoms with Crippen molar-refractivity contribution < 1.29 is 23.5 Å². The van der Waals surface area contributed by atoms with E-state index in [0.29, 0.717) is 34.9 Å². The molecule has 0 fully saturated rings. The number of hydrogen-bond acceptors (Lipinski definition) is 5. The normalized spacial score (nSPS) is 14.6. The Morgan fingerprint density at radius 1 is 1.23 bits per heavy atom. The Bertz CT molecular complexity index is 1140. The number of benzene rings is 2. The minimum atomic E-state index is -0.349. The van der Waals surface area contributed by atoms with Gasteiger partial charge in [-0.3, -0.25) is 9.59 Å². The summed E-state index contributed by atoms with van der Waals surface area (Å²) in [6.45, 7) is 1.83. The van der Waals surface area contributed by atoms with Crippen LogP contribution in [0.15, 0.2) is 48.5 Å². The average Bonchev–Trinajstić information content (AvgIpc) is 3.39. The van der Waals surface area contributed by atoms with Crippen molar-refractivity contribution in [3.63, 3.8) is 0 Å². The zero-order valence-corrected chi connectivity index (χ0v) is 18.1. The molecule has 160 valence electrons. The van der Waals surface area contributed by atoms with Gasteiger partial charge in [-0.05, 0) is 48.9 Å². The first-order chi connectivity index (χ1) is 14.9. The molecule has 7 heteroatoms. The van der Waals surface area contributed by atoms with Crippen LogP contribution in [0.1, 0.15) is 27.7 Å². The second-order valence-corrected chi connectivity index (χ2v) is 8.52. The third-order valence-electron chi connectivity index (χ3n) is 5.11. The van der Waals surface area contributed by atoms with Gasteiger partial charge in [0.25, 0.3) is 0 Å². The van der Waals surface area contributed by atoms with Crippen molar-refractivity contribution in [2.45, 2.75) is 25.9 Å². The molecule has 31 heavy (non-hydrogen) atoms. The molecule has 0 aliphatic carbocycles. The Morgan fingerprint density at radius 2 is 2.06 bits per heavy atom. The molecule has 0 radical (unpaired) electrons. The Morgan fingerprint density at radius 3 is 2.81 bits per heavy atom. The molecule has 5 nitrogen and oxygen atoms in total. The number of carbonyl (C=O) groups excluding carboxylic acids is 2. The van der Waals surface area contributed by atoms with E-state index in [4.69, 9.17) is 9.47 Å². The summed E-state index contributed by atoms with van der Waals surface area (Å²) in [5.41, 5.74) is 2.26. The maximum Gasteiger partial charge on any atom is 0.224 e. The Balaban J connectivity index is 1.42. The van der Waals surface area contributed by atoms with Crippen molar-refractivity contribution in [2.24, 2.45) is 0 Å². The molecule has 4 rings (SSSR count). The molecule has 1 amide bonds. The monoisotopic (exact) mass is 439 g/mol. The highest BCUT2D eigenvalue weighted by molar-refractivity contribution is 7.17. The highest BCUT2D eigenvalue weighted by atomic mass is 32.1. The first-order valence-corrected chi connectivity index (χ1v) is 10.7. The molecule has 0 bridgehead atoms. The van der Waals surface area contributed by atoms with Gasteiger partial charge in [0, 0.05) is 22.4 Å². The van der Waals surface area contributed by atoms with Crippen LogP contribution in [0.3, 0.4) is 0 Å². The lowest BCUT2D eigenvalue weighted by Gasteiger charge is -2.13. The van der Waals surface area contributed by atoms with Crippen molar-refractivity contribution >= 4 is 23.0 Å². The van der Waals surface area contributed by atoms with E-state index in [-0.39, 0.29) is 30.0 Å². The number of ketones is 1. The summed E-state index contributed by atoms with van der Waals surface area (Å²) in [4.78, 5) is 25.4. The summed E-state index contributed by atoms with van der Waals surface area (Å²) >= 11 is 1.32. The number of fused-ring (bicyclic) bond motifs is 1. The van der Waals surface area contributed by atoms with Crippen molar-refractivity contribution in [3.8, 4) is 21.9 Å². The van der Waals surface area contributed by atoms with Crippen LogP contribution in [0, 0.1) is 5.82 Å². The fraction of sp³-hybridized carbons (Fsp3) is 0.250. The van der Waals surface area contributed by atoms with E-state index in [1.54, 1.807) is 13.2 Å². The average molecular weight is 440 g/mol. The molecule has 0 saturated carbocycles. The molecule has 0 spiro atoms. The first-order valence-electron chi connectivity index (χ1n) is 9.93. The number of halogens is 1. The van der Waals surface area contributed by atoms with E-state index in [9.17, 15) is 14.0 Å². The van der Waals surface area contributed by atoms with Gasteiger partial charge in [-0.1, -0.05) is 12.1 Å². The zero-order valence-electron chi connectivity index (χ0n) is 17.2. The Kier molecular flexibility index (Phi) is 6.04. The predicted octanol–water partition coefficient (Wildman–Crippen LogP) is 4.43. The number of thiophene rings is 1. The molecule has 0 saturated heterocycles. The number of hydrogen-bond donors (Lipinski definition) is 1. The fourth-order valence-corrected chi connectivity index (χ4v) is 4.54. The number of methoxy groups -OCH3 is 1. The molecule has 1 aliphatic heterocycles. The van der Waals surface area contributed by atoms with Gasteiger partial charge >= 0.3 is 0 Å². The predicted molar refractivity (Wildman–Crippen MR) is 118 cm³/mol. The number of rotatable bonds is 7. The van der Waals surface area contributed by atoms with E-state index in [1.807, 2.05) is 30.3 Å². The maximum atomic E-state index is 14.2. The Hall–Kier alpha value is -3.19. The highest BCUT2D eigenvalue weighted by Gasteiger charge is 2.28. The van der Waals surface area contributed by atoms with Crippen molar-refractivity contribution in [1.82, 2.24) is 5.32 Å². The lowest BCUT2D eigenvalue weighted by molar-refractivity contribution is -0.120. The van der Waals surface area contributed by atoms with E-state index in [0.717, 1.165) is 16.0 Å². The minimum absolute atomic E-state index is 0.0261. The smallest absolute Gasteiger partial charge is 0.224 e. The van der Waals surface area contributed by atoms with Gasteiger partial charge in [-0.2, -0.15) is 0 Å². The summed E-state index contributed by atoms with van der Waals surface area (Å²) in [5, 5.41) is 2.90. The van der Waals surface area contributed by atoms with Crippen molar-refractivity contribution in [3.05, 3.63) is 70.4 Å². The minimum Gasteiger partial charge on any atom is -0.497 e. The molecule has 2 aromatic carbocycles. The largest absolute Gasteiger partial charge is 0.497 e. The summed E-state index contributed by atoms with van der Waals surface area (Å²) in [5.74, 6) is 0.824. The van der Waals surface area contributed by atoms with Crippen LogP contribution in [0.4, 0.5) is 4.39 Å². The van der Waals surface area contributed by atoms with Gasteiger partial charge in [-0.25, -0.2) is 4.39 Å². The van der Waals surface area contributed by atoms with Crippen LogP contribution in [0.25, 0.3) is 10.4 Å². The summed E-state index contributed by atoms with van der Waals surface area (Å²) in [7, 11) is 1.59. The van der Waals surface area contributed by atoms with Gasteiger partial charge in [0.15, 0.2) is 5.78 Å². The molecule has 1 atom stereocenters. The van der Waals surface area contributed by atoms with Gasteiger partial charge in [0.1, 0.15) is 23.4 Å². The Labute approximate surface area is 183 Å². The van der Waals surface area contributed by atoms with E-state index in [2.05, 4.69) is 5.32 Å². The van der Waals surface area contributed by atoms with Gasteiger partial charge in [0.05, 0.1) is 25.0 Å². The molecule has 1 N–H and O–H groups in total. The second kappa shape index (κ2) is 8.89. The lowest BCUT2D eigenvalue weighted by atomic mass is 10.0. The molecule has 1 aliphatic rings. The van der Waals surface area contributed by atoms with E-state index in [1.165, 1.54) is 30.4 Å². The number of nitrogens with one attached hydrogen (secondary N) is 1. The summed E-state index contributed by atoms with van der Waals surface area (Å²) in [6, 6.07) is 13.8. The maximum absolute atomic E-state index is 14.2. The third-order valence-corrected chi connectivity index (χ3v) is 6.33. The van der Waals surface area contributed by atoms with Crippen molar-refractivity contribution in [2.75, 3.05) is 13.7 Å². The lowest BCUT2D eigenvalue weighted by Crippen LogP contribution is -2.35. The second-order valence-electron chi connectivity index (χ2n) is 7.44. The van der Waals surface area contributed by atoms with Crippen LogP contribution in [0.2, 0.25) is 0 Å². The molecular weight excluding hydrogens is 417 g/mol. The van der Waals surface area contributed by atoms with Crippen LogP contribution in [-0.4, -0.2) is 31.4 Å². The van der Waals surface area contributed by atoms with Crippen molar-refractivity contribution in [1.29, 1.82) is 0 Å². The first kappa shape index (κ1) is 21.1.